The molecule has 1 aliphatic rings. The van der Waals surface area contributed by atoms with E-state index in [2.05, 4.69) is 24.3 Å². The van der Waals surface area contributed by atoms with Crippen LogP contribution in [0.25, 0.3) is 0 Å². The van der Waals surface area contributed by atoms with Gasteiger partial charge in [0.15, 0.2) is 6.73 Å². The van der Waals surface area contributed by atoms with Gasteiger partial charge in [-0.1, -0.05) is 37.3 Å². The third kappa shape index (κ3) is 7.88. The van der Waals surface area contributed by atoms with Gasteiger partial charge in [-0.25, -0.2) is 0 Å². The Morgan fingerprint density at radius 2 is 1.57 bits per heavy atom. The topological polar surface area (TPSA) is 54.2 Å². The number of aromatic hydroxyl groups is 1. The number of halogens is 2. The number of phenols is 1. The van der Waals surface area contributed by atoms with E-state index in [0.29, 0.717) is 34.6 Å². The Kier molecular flexibility index (Phi) is 9.56. The largest absolute Gasteiger partial charge is 1.00 e. The molecular weight excluding hydrogens is 421 g/mol. The van der Waals surface area contributed by atoms with Crippen LogP contribution in [0, 0.1) is 0 Å². The molecule has 2 aromatic rings. The van der Waals surface area contributed by atoms with Crippen molar-refractivity contribution in [3.63, 3.8) is 0 Å². The summed E-state index contributed by atoms with van der Waals surface area (Å²) in [5.74, 6) is 0.274. The summed E-state index contributed by atoms with van der Waals surface area (Å²) in [7, 11) is 4.25. The van der Waals surface area contributed by atoms with Gasteiger partial charge in [0.2, 0.25) is 0 Å². The lowest BCUT2D eigenvalue weighted by atomic mass is 10.1. The molecule has 0 spiro atoms. The van der Waals surface area contributed by atoms with Gasteiger partial charge in [0.05, 0.1) is 37.1 Å². The summed E-state index contributed by atoms with van der Waals surface area (Å²) >= 11 is 5.90. The predicted molar refractivity (Wildman–Crippen MR) is 117 cm³/mol. The average Bonchev–Trinajstić information content (AvgIpc) is 2.97. The lowest BCUT2D eigenvalue weighted by molar-refractivity contribution is -0.923. The Hall–Kier alpha value is -1.66. The van der Waals surface area contributed by atoms with Crippen molar-refractivity contribution in [3.05, 3.63) is 53.1 Å². The van der Waals surface area contributed by atoms with Gasteiger partial charge in [0.1, 0.15) is 12.3 Å². The van der Waals surface area contributed by atoms with Crippen LogP contribution in [0.1, 0.15) is 44.1 Å². The number of azo groups is 1. The van der Waals surface area contributed by atoms with Crippen LogP contribution in [-0.4, -0.2) is 36.5 Å². The van der Waals surface area contributed by atoms with Gasteiger partial charge in [-0.05, 0) is 55.3 Å². The van der Waals surface area contributed by atoms with Crippen molar-refractivity contribution >= 4 is 23.0 Å². The summed E-state index contributed by atoms with van der Waals surface area (Å²) in [5, 5.41) is 19.5. The maximum absolute atomic E-state index is 10.3. The minimum atomic E-state index is 0. The minimum absolute atomic E-state index is 0. The molecule has 1 N–H and O–H groups in total. The zero-order valence-corrected chi connectivity index (χ0v) is 19.2. The van der Waals surface area contributed by atoms with E-state index in [4.69, 9.17) is 16.3 Å². The standard InChI is InChI=1S/C23H30ClN3O2.ClH/c1-27(2,17-29-22-7-5-3-4-6-8-22)16-18-15-21(13-14-23(18)28)26-25-20-11-9-19(24)10-12-20;/h9-15,22H,3-8,16-17H2,1-2H3;1H. The van der Waals surface area contributed by atoms with Gasteiger partial charge in [-0.3, -0.25) is 0 Å². The third-order valence-electron chi connectivity index (χ3n) is 5.23. The van der Waals surface area contributed by atoms with E-state index in [0.717, 1.165) is 24.1 Å². The second-order valence-corrected chi connectivity index (χ2v) is 8.93. The van der Waals surface area contributed by atoms with E-state index in [-0.39, 0.29) is 18.2 Å². The van der Waals surface area contributed by atoms with Crippen LogP contribution in [0.15, 0.2) is 52.7 Å². The van der Waals surface area contributed by atoms with Crippen molar-refractivity contribution in [3.8, 4) is 5.75 Å². The van der Waals surface area contributed by atoms with Gasteiger partial charge < -0.3 is 26.7 Å². The molecule has 2 aromatic carbocycles. The van der Waals surface area contributed by atoms with E-state index in [1.807, 2.05) is 18.2 Å². The van der Waals surface area contributed by atoms with Gasteiger partial charge in [-0.15, -0.1) is 0 Å². The first-order valence-corrected chi connectivity index (χ1v) is 10.7. The highest BCUT2D eigenvalue weighted by atomic mass is 35.5. The quantitative estimate of drug-likeness (QED) is 0.301. The van der Waals surface area contributed by atoms with Crippen molar-refractivity contribution in [1.82, 2.24) is 0 Å². The van der Waals surface area contributed by atoms with Crippen LogP contribution in [0.3, 0.4) is 0 Å². The molecular formula is C23H31Cl2N3O2. The van der Waals surface area contributed by atoms with E-state index in [9.17, 15) is 5.11 Å². The summed E-state index contributed by atoms with van der Waals surface area (Å²) in [5.41, 5.74) is 2.28. The van der Waals surface area contributed by atoms with Gasteiger partial charge in [-0.2, -0.15) is 10.2 Å². The number of hydrogen-bond acceptors (Lipinski definition) is 4. The molecule has 3 rings (SSSR count). The van der Waals surface area contributed by atoms with Crippen LogP contribution in [0.2, 0.25) is 5.02 Å². The fraction of sp³-hybridized carbons (Fsp3) is 0.478. The molecule has 5 nitrogen and oxygen atoms in total. The summed E-state index contributed by atoms with van der Waals surface area (Å²) in [4.78, 5) is 0. The lowest BCUT2D eigenvalue weighted by Gasteiger charge is -2.31. The summed E-state index contributed by atoms with van der Waals surface area (Å²) < 4.78 is 6.86. The first kappa shape index (κ1) is 24.6. The first-order chi connectivity index (χ1) is 13.9. The maximum Gasteiger partial charge on any atom is 0.183 e. The van der Waals surface area contributed by atoms with E-state index in [1.165, 1.54) is 25.7 Å². The molecule has 0 atom stereocenters. The smallest absolute Gasteiger partial charge is 0.183 e. The monoisotopic (exact) mass is 451 g/mol. The van der Waals surface area contributed by atoms with Crippen LogP contribution in [0.4, 0.5) is 11.4 Å². The molecule has 0 aromatic heterocycles. The van der Waals surface area contributed by atoms with Crippen molar-refractivity contribution < 1.29 is 26.7 Å². The summed E-state index contributed by atoms with van der Waals surface area (Å²) in [6, 6.07) is 12.5. The number of quaternary nitrogens is 1. The Morgan fingerprint density at radius 3 is 2.23 bits per heavy atom. The van der Waals surface area contributed by atoms with Crippen molar-refractivity contribution in [1.29, 1.82) is 0 Å². The number of benzene rings is 2. The second kappa shape index (κ2) is 11.7. The van der Waals surface area contributed by atoms with Crippen LogP contribution < -0.4 is 12.4 Å². The normalized spacial score (nSPS) is 15.7. The lowest BCUT2D eigenvalue weighted by Crippen LogP contribution is -3.00. The molecule has 0 radical (unpaired) electrons. The number of ether oxygens (including phenoxy) is 1. The van der Waals surface area contributed by atoms with E-state index < -0.39 is 0 Å². The average molecular weight is 452 g/mol. The Labute approximate surface area is 190 Å². The van der Waals surface area contributed by atoms with Crippen molar-refractivity contribution in [2.45, 2.75) is 51.2 Å². The number of phenolic OH excluding ortho intramolecular Hbond substituents is 1. The second-order valence-electron chi connectivity index (χ2n) is 8.49. The van der Waals surface area contributed by atoms with Crippen molar-refractivity contribution in [2.24, 2.45) is 10.2 Å². The minimum Gasteiger partial charge on any atom is -1.00 e. The van der Waals surface area contributed by atoms with Crippen molar-refractivity contribution in [2.75, 3.05) is 20.8 Å². The highest BCUT2D eigenvalue weighted by Crippen LogP contribution is 2.28. The molecule has 1 fully saturated rings. The molecule has 30 heavy (non-hydrogen) atoms. The highest BCUT2D eigenvalue weighted by Gasteiger charge is 2.22. The molecule has 0 bridgehead atoms. The summed E-state index contributed by atoms with van der Waals surface area (Å²) in [6.07, 6.45) is 7.85. The van der Waals surface area contributed by atoms with Gasteiger partial charge >= 0.3 is 0 Å². The molecule has 0 aliphatic heterocycles. The van der Waals surface area contributed by atoms with E-state index in [1.54, 1.807) is 24.3 Å². The van der Waals surface area contributed by atoms with E-state index >= 15 is 0 Å². The fourth-order valence-corrected chi connectivity index (χ4v) is 3.73. The Bertz CT molecular complexity index is 818. The number of hydrogen-bond donors (Lipinski definition) is 1. The first-order valence-electron chi connectivity index (χ1n) is 10.3. The molecule has 7 heteroatoms. The van der Waals surface area contributed by atoms with Crippen LogP contribution >= 0.6 is 11.6 Å². The SMILES string of the molecule is C[N+](C)(COC1CCCCCC1)Cc1cc(N=Nc2ccc(Cl)cc2)ccc1O.[Cl-]. The molecule has 0 amide bonds. The van der Waals surface area contributed by atoms with Gasteiger partial charge in [0, 0.05) is 5.02 Å². The van der Waals surface area contributed by atoms with Crippen LogP contribution in [-0.2, 0) is 11.3 Å². The predicted octanol–water partition coefficient (Wildman–Crippen LogP) is 3.74. The summed E-state index contributed by atoms with van der Waals surface area (Å²) in [6.45, 7) is 1.28. The molecule has 0 unspecified atom stereocenters. The third-order valence-corrected chi connectivity index (χ3v) is 5.48. The zero-order chi connectivity index (χ0) is 20.7. The molecule has 1 aliphatic carbocycles. The molecule has 1 saturated carbocycles. The molecule has 164 valence electrons. The van der Waals surface area contributed by atoms with Crippen LogP contribution in [0.5, 0.6) is 5.75 Å². The highest BCUT2D eigenvalue weighted by molar-refractivity contribution is 6.30. The molecule has 0 saturated heterocycles. The maximum atomic E-state index is 10.3. The van der Waals surface area contributed by atoms with Gasteiger partial charge in [0.25, 0.3) is 0 Å². The Balaban J connectivity index is 0.00000320. The number of rotatable bonds is 7. The number of nitrogens with zero attached hydrogens (tertiary/aromatic N) is 3. The zero-order valence-electron chi connectivity index (χ0n) is 17.7. The fourth-order valence-electron chi connectivity index (χ4n) is 3.61. The Morgan fingerprint density at radius 1 is 0.967 bits per heavy atom. The molecule has 0 heterocycles.